The lowest BCUT2D eigenvalue weighted by Gasteiger charge is -2.47. The average molecular weight is 381 g/mol. The Bertz CT molecular complexity index is 950. The van der Waals surface area contributed by atoms with Crippen LogP contribution in [0.4, 0.5) is 0 Å². The van der Waals surface area contributed by atoms with E-state index >= 15 is 0 Å². The molecule has 0 bridgehead atoms. The normalized spacial score (nSPS) is 21.5. The maximum atomic E-state index is 12.5. The van der Waals surface area contributed by atoms with Crippen molar-refractivity contribution in [1.82, 2.24) is 24.9 Å². The minimum atomic E-state index is 0.0899. The van der Waals surface area contributed by atoms with Gasteiger partial charge in [0.15, 0.2) is 0 Å². The van der Waals surface area contributed by atoms with Crippen molar-refractivity contribution in [1.29, 1.82) is 0 Å². The molecule has 1 spiro atoms. The molecule has 5 heterocycles. The summed E-state index contributed by atoms with van der Waals surface area (Å²) < 4.78 is 5.57. The molecule has 1 amide bonds. The summed E-state index contributed by atoms with van der Waals surface area (Å²) in [6, 6.07) is 7.64. The van der Waals surface area contributed by atoms with Gasteiger partial charge in [-0.3, -0.25) is 14.7 Å². The molecule has 2 fully saturated rings. The summed E-state index contributed by atoms with van der Waals surface area (Å²) in [6.07, 6.45) is 4.36. The maximum Gasteiger partial charge on any atom is 0.263 e. The van der Waals surface area contributed by atoms with E-state index in [-0.39, 0.29) is 17.4 Å². The quantitative estimate of drug-likeness (QED) is 0.694. The van der Waals surface area contributed by atoms with E-state index < -0.39 is 0 Å². The minimum Gasteiger partial charge on any atom is -0.337 e. The fourth-order valence-corrected chi connectivity index (χ4v) is 4.92. The topological polar surface area (TPSA) is 75.4 Å². The molecule has 1 atom stereocenters. The summed E-state index contributed by atoms with van der Waals surface area (Å²) in [5.74, 6) is 1.37. The monoisotopic (exact) mass is 381 g/mol. The lowest BCUT2D eigenvalue weighted by Crippen LogP contribution is -2.59. The van der Waals surface area contributed by atoms with Gasteiger partial charge in [0.25, 0.3) is 5.91 Å². The van der Waals surface area contributed by atoms with Crippen LogP contribution >= 0.6 is 11.3 Å². The smallest absolute Gasteiger partial charge is 0.263 e. The van der Waals surface area contributed by atoms with Crippen LogP contribution in [0.1, 0.15) is 28.0 Å². The van der Waals surface area contributed by atoms with Gasteiger partial charge in [-0.05, 0) is 37.0 Å². The van der Waals surface area contributed by atoms with E-state index in [9.17, 15) is 4.79 Å². The van der Waals surface area contributed by atoms with E-state index in [0.29, 0.717) is 11.7 Å². The van der Waals surface area contributed by atoms with Crippen molar-refractivity contribution in [3.05, 3.63) is 52.8 Å². The first-order valence-corrected chi connectivity index (χ1v) is 9.79. The van der Waals surface area contributed by atoms with Crippen molar-refractivity contribution < 1.29 is 9.32 Å². The van der Waals surface area contributed by atoms with Crippen LogP contribution in [0, 0.1) is 5.41 Å². The zero-order valence-corrected chi connectivity index (χ0v) is 15.7. The second-order valence-corrected chi connectivity index (χ2v) is 8.41. The molecule has 3 aromatic heterocycles. The fraction of sp³-hybridized carbons (Fsp3) is 0.368. The molecule has 1 unspecified atom stereocenters. The molecule has 2 aliphatic heterocycles. The zero-order chi connectivity index (χ0) is 18.4. The van der Waals surface area contributed by atoms with Crippen LogP contribution in [-0.4, -0.2) is 57.5 Å². The van der Waals surface area contributed by atoms with Crippen LogP contribution in [0.25, 0.3) is 11.4 Å². The Kier molecular flexibility index (Phi) is 3.84. The third-order valence-electron chi connectivity index (χ3n) is 5.48. The Hall–Kier alpha value is -2.58. The molecule has 8 heteroatoms. The van der Waals surface area contributed by atoms with Crippen LogP contribution in [0.5, 0.6) is 0 Å². The number of likely N-dealkylation sites (tertiary alicyclic amines) is 2. The number of carbonyl (C=O) groups excluding carboxylic acids is 1. The number of nitrogens with zero attached hydrogens (tertiary/aromatic N) is 5. The van der Waals surface area contributed by atoms with Crippen LogP contribution < -0.4 is 0 Å². The molecular formula is C19H19N5O2S. The summed E-state index contributed by atoms with van der Waals surface area (Å²) in [5.41, 5.74) is 1.02. The predicted molar refractivity (Wildman–Crippen MR) is 100 cm³/mol. The Labute approximate surface area is 160 Å². The van der Waals surface area contributed by atoms with Gasteiger partial charge >= 0.3 is 0 Å². The van der Waals surface area contributed by atoms with Crippen molar-refractivity contribution in [2.24, 2.45) is 5.41 Å². The number of aromatic nitrogens is 3. The lowest BCUT2D eigenvalue weighted by atomic mass is 9.77. The molecule has 0 aliphatic carbocycles. The Morgan fingerprint density at radius 2 is 2.07 bits per heavy atom. The van der Waals surface area contributed by atoms with Crippen molar-refractivity contribution in [2.45, 2.75) is 12.5 Å². The zero-order valence-electron chi connectivity index (χ0n) is 14.9. The van der Waals surface area contributed by atoms with Gasteiger partial charge in [-0.15, -0.1) is 11.3 Å². The molecule has 2 aliphatic rings. The molecule has 138 valence electrons. The highest BCUT2D eigenvalue weighted by Gasteiger charge is 2.53. The highest BCUT2D eigenvalue weighted by molar-refractivity contribution is 7.12. The molecule has 5 rings (SSSR count). The summed E-state index contributed by atoms with van der Waals surface area (Å²) in [6.45, 7) is 2.50. The first kappa shape index (κ1) is 16.6. The number of rotatable bonds is 3. The summed E-state index contributed by atoms with van der Waals surface area (Å²) in [5, 5.41) is 6.07. The van der Waals surface area contributed by atoms with Gasteiger partial charge in [0.2, 0.25) is 11.7 Å². The van der Waals surface area contributed by atoms with Gasteiger partial charge in [0.1, 0.15) is 0 Å². The van der Waals surface area contributed by atoms with Crippen LogP contribution in [-0.2, 0) is 0 Å². The highest BCUT2D eigenvalue weighted by Crippen LogP contribution is 2.47. The molecule has 0 N–H and O–H groups in total. The molecule has 27 heavy (non-hydrogen) atoms. The standard InChI is InChI=1S/C19H19N5O2S/c1-23-10-19(11-24(12-19)18(25)15-3-2-8-27-15)9-14(23)17-21-16(22-26-17)13-4-6-20-7-5-13/h2-8,14H,9-12H2,1H3. The van der Waals surface area contributed by atoms with E-state index in [2.05, 4.69) is 27.1 Å². The third-order valence-corrected chi connectivity index (χ3v) is 6.34. The van der Waals surface area contributed by atoms with Gasteiger partial charge in [-0.1, -0.05) is 11.2 Å². The van der Waals surface area contributed by atoms with Gasteiger partial charge in [0, 0.05) is 43.0 Å². The Balaban J connectivity index is 1.29. The van der Waals surface area contributed by atoms with Gasteiger partial charge < -0.3 is 9.42 Å². The van der Waals surface area contributed by atoms with Gasteiger partial charge in [0.05, 0.1) is 10.9 Å². The van der Waals surface area contributed by atoms with E-state index in [1.165, 1.54) is 11.3 Å². The van der Waals surface area contributed by atoms with E-state index in [1.54, 1.807) is 12.4 Å². The van der Waals surface area contributed by atoms with E-state index in [4.69, 9.17) is 4.52 Å². The summed E-state index contributed by atoms with van der Waals surface area (Å²) >= 11 is 1.50. The Morgan fingerprint density at radius 3 is 2.81 bits per heavy atom. The van der Waals surface area contributed by atoms with E-state index in [1.807, 2.05) is 34.5 Å². The van der Waals surface area contributed by atoms with Crippen molar-refractivity contribution in [3.63, 3.8) is 0 Å². The highest BCUT2D eigenvalue weighted by atomic mass is 32.1. The maximum absolute atomic E-state index is 12.5. The SMILES string of the molecule is CN1CC2(CC1c1nc(-c3ccncc3)no1)CN(C(=O)c1cccs1)C2. The number of hydrogen-bond acceptors (Lipinski definition) is 7. The number of amides is 1. The molecule has 0 radical (unpaired) electrons. The second kappa shape index (κ2) is 6.24. The summed E-state index contributed by atoms with van der Waals surface area (Å²) in [7, 11) is 2.08. The molecular weight excluding hydrogens is 362 g/mol. The van der Waals surface area contributed by atoms with E-state index in [0.717, 1.165) is 36.5 Å². The molecule has 3 aromatic rings. The molecule has 2 saturated heterocycles. The molecule has 0 aromatic carbocycles. The van der Waals surface area contributed by atoms with Crippen LogP contribution in [0.3, 0.4) is 0 Å². The largest absolute Gasteiger partial charge is 0.337 e. The number of carbonyl (C=O) groups is 1. The number of hydrogen-bond donors (Lipinski definition) is 0. The second-order valence-electron chi connectivity index (χ2n) is 7.47. The Morgan fingerprint density at radius 1 is 1.26 bits per heavy atom. The van der Waals surface area contributed by atoms with Gasteiger partial charge in [-0.25, -0.2) is 0 Å². The van der Waals surface area contributed by atoms with Crippen molar-refractivity contribution in [3.8, 4) is 11.4 Å². The first-order valence-electron chi connectivity index (χ1n) is 8.91. The fourth-order valence-electron chi connectivity index (χ4n) is 4.23. The lowest BCUT2D eigenvalue weighted by molar-refractivity contribution is 0.0119. The summed E-state index contributed by atoms with van der Waals surface area (Å²) in [4.78, 5) is 26.1. The molecule has 7 nitrogen and oxygen atoms in total. The predicted octanol–water partition coefficient (Wildman–Crippen LogP) is 2.71. The van der Waals surface area contributed by atoms with Crippen LogP contribution in [0.15, 0.2) is 46.6 Å². The third kappa shape index (κ3) is 2.85. The minimum absolute atomic E-state index is 0.0899. The van der Waals surface area contributed by atoms with Crippen molar-refractivity contribution >= 4 is 17.2 Å². The first-order chi connectivity index (χ1) is 13.1. The number of thiophene rings is 1. The molecule has 0 saturated carbocycles. The van der Waals surface area contributed by atoms with Crippen LogP contribution in [0.2, 0.25) is 0 Å². The average Bonchev–Trinajstić information content (AvgIpc) is 3.40. The van der Waals surface area contributed by atoms with Crippen molar-refractivity contribution in [2.75, 3.05) is 26.7 Å². The number of pyridine rings is 1. The van der Waals surface area contributed by atoms with Gasteiger partial charge in [-0.2, -0.15) is 4.98 Å².